The quantitative estimate of drug-likeness (QED) is 0.876. The molecule has 1 N–H and O–H groups in total. The van der Waals surface area contributed by atoms with Gasteiger partial charge in [-0.25, -0.2) is 13.4 Å². The Kier molecular flexibility index (Phi) is 4.58. The van der Waals surface area contributed by atoms with Crippen LogP contribution in [-0.2, 0) is 9.84 Å². The van der Waals surface area contributed by atoms with Crippen molar-refractivity contribution in [2.75, 3.05) is 5.32 Å². The number of para-hydroxylation sites is 1. The first-order valence-electron chi connectivity index (χ1n) is 5.83. The molecule has 0 bridgehead atoms. The van der Waals surface area contributed by atoms with E-state index in [4.69, 9.17) is 16.9 Å². The Labute approximate surface area is 127 Å². The zero-order valence-corrected chi connectivity index (χ0v) is 12.3. The number of anilines is 1. The van der Waals surface area contributed by atoms with Crippen molar-refractivity contribution in [2.24, 2.45) is 0 Å². The minimum atomic E-state index is -3.95. The zero-order chi connectivity index (χ0) is 15.3. The first-order valence-corrected chi connectivity index (χ1v) is 7.69. The Bertz CT molecular complexity index is 812. The molecular formula is C14H10ClN3O2S. The van der Waals surface area contributed by atoms with E-state index in [1.54, 1.807) is 36.4 Å². The second kappa shape index (κ2) is 6.39. The number of nitrogens with one attached hydrogen (secondary N) is 1. The summed E-state index contributed by atoms with van der Waals surface area (Å²) in [5, 5.41) is 12.0. The highest BCUT2D eigenvalue weighted by Crippen LogP contribution is 2.22. The molecule has 0 unspecified atom stereocenters. The van der Waals surface area contributed by atoms with Gasteiger partial charge in [0.15, 0.2) is 9.93 Å². The average molecular weight is 320 g/mol. The Hall–Kier alpha value is -2.36. The fourth-order valence-electron chi connectivity index (χ4n) is 1.51. The molecule has 0 fully saturated rings. The number of allylic oxidation sites excluding steroid dienone is 1. The van der Waals surface area contributed by atoms with Crippen LogP contribution in [-0.4, -0.2) is 13.4 Å². The van der Waals surface area contributed by atoms with E-state index in [1.807, 2.05) is 0 Å². The van der Waals surface area contributed by atoms with Gasteiger partial charge in [0.2, 0.25) is 9.84 Å². The van der Waals surface area contributed by atoms with Gasteiger partial charge in [0.1, 0.15) is 6.07 Å². The maximum absolute atomic E-state index is 12.2. The van der Waals surface area contributed by atoms with Gasteiger partial charge in [-0.2, -0.15) is 5.26 Å². The van der Waals surface area contributed by atoms with E-state index in [-0.39, 0.29) is 5.03 Å². The molecule has 0 amide bonds. The third kappa shape index (κ3) is 3.40. The fourth-order valence-corrected chi connectivity index (χ4v) is 2.72. The van der Waals surface area contributed by atoms with Crippen molar-refractivity contribution < 1.29 is 8.42 Å². The lowest BCUT2D eigenvalue weighted by molar-refractivity contribution is 0.599. The normalized spacial score (nSPS) is 11.7. The van der Waals surface area contributed by atoms with Crippen LogP contribution >= 0.6 is 11.6 Å². The number of hydrogen-bond donors (Lipinski definition) is 1. The van der Waals surface area contributed by atoms with Crippen molar-refractivity contribution in [2.45, 2.75) is 5.03 Å². The molecule has 1 aromatic carbocycles. The van der Waals surface area contributed by atoms with Crippen LogP contribution in [0.2, 0.25) is 5.02 Å². The summed E-state index contributed by atoms with van der Waals surface area (Å²) in [6, 6.07) is 12.9. The van der Waals surface area contributed by atoms with Crippen LogP contribution in [0.4, 0.5) is 5.69 Å². The number of sulfone groups is 1. The number of benzene rings is 1. The Morgan fingerprint density at radius 3 is 2.57 bits per heavy atom. The minimum absolute atomic E-state index is 0.182. The molecule has 0 atom stereocenters. The smallest absolute Gasteiger partial charge is 0.235 e. The van der Waals surface area contributed by atoms with Gasteiger partial charge in [0.25, 0.3) is 0 Å². The van der Waals surface area contributed by atoms with E-state index in [0.29, 0.717) is 10.7 Å². The SMILES string of the molecule is N#CC(=CNc1ccccc1Cl)S(=O)(=O)c1ccccn1. The topological polar surface area (TPSA) is 82.9 Å². The standard InChI is InChI=1S/C14H10ClN3O2S/c15-12-5-1-2-6-13(12)18-10-11(9-16)21(19,20)14-7-3-4-8-17-14/h1-8,10,18H. The number of aromatic nitrogens is 1. The van der Waals surface area contributed by atoms with E-state index >= 15 is 0 Å². The van der Waals surface area contributed by atoms with Gasteiger partial charge in [-0.15, -0.1) is 0 Å². The predicted molar refractivity (Wildman–Crippen MR) is 80.2 cm³/mol. The molecule has 1 heterocycles. The molecule has 7 heteroatoms. The van der Waals surface area contributed by atoms with Crippen molar-refractivity contribution in [1.29, 1.82) is 5.26 Å². The highest BCUT2D eigenvalue weighted by Gasteiger charge is 2.21. The van der Waals surface area contributed by atoms with E-state index in [1.165, 1.54) is 18.3 Å². The number of nitriles is 1. The van der Waals surface area contributed by atoms with Crippen LogP contribution in [0.25, 0.3) is 0 Å². The molecule has 2 aromatic rings. The first-order chi connectivity index (χ1) is 10.1. The summed E-state index contributed by atoms with van der Waals surface area (Å²) < 4.78 is 24.5. The lowest BCUT2D eigenvalue weighted by atomic mass is 10.3. The van der Waals surface area contributed by atoms with Gasteiger partial charge < -0.3 is 5.32 Å². The molecule has 5 nitrogen and oxygen atoms in total. The van der Waals surface area contributed by atoms with Crippen molar-refractivity contribution in [3.8, 4) is 6.07 Å². The minimum Gasteiger partial charge on any atom is -0.359 e. The lowest BCUT2D eigenvalue weighted by Gasteiger charge is -2.05. The second-order valence-corrected chi connectivity index (χ2v) is 6.19. The molecule has 0 radical (unpaired) electrons. The van der Waals surface area contributed by atoms with Crippen molar-refractivity contribution in [3.63, 3.8) is 0 Å². The molecule has 0 aliphatic rings. The summed E-state index contributed by atoms with van der Waals surface area (Å²) in [5.74, 6) is 0. The molecule has 0 saturated heterocycles. The molecule has 0 aliphatic heterocycles. The molecule has 2 rings (SSSR count). The Balaban J connectivity index is 2.35. The van der Waals surface area contributed by atoms with Crippen LogP contribution in [0.5, 0.6) is 0 Å². The van der Waals surface area contributed by atoms with Crippen LogP contribution < -0.4 is 5.32 Å². The van der Waals surface area contributed by atoms with Crippen LogP contribution in [0.1, 0.15) is 0 Å². The van der Waals surface area contributed by atoms with Crippen molar-refractivity contribution in [1.82, 2.24) is 4.98 Å². The van der Waals surface area contributed by atoms with Gasteiger partial charge in [-0.05, 0) is 24.3 Å². The number of hydrogen-bond acceptors (Lipinski definition) is 5. The zero-order valence-electron chi connectivity index (χ0n) is 10.7. The number of pyridine rings is 1. The van der Waals surface area contributed by atoms with E-state index in [9.17, 15) is 8.42 Å². The van der Waals surface area contributed by atoms with Crippen LogP contribution in [0.3, 0.4) is 0 Å². The first kappa shape index (κ1) is 15.0. The average Bonchev–Trinajstić information content (AvgIpc) is 2.50. The van der Waals surface area contributed by atoms with E-state index in [0.717, 1.165) is 6.20 Å². The van der Waals surface area contributed by atoms with Crippen LogP contribution in [0.15, 0.2) is 64.8 Å². The predicted octanol–water partition coefficient (Wildman–Crippen LogP) is 2.99. The Morgan fingerprint density at radius 2 is 1.95 bits per heavy atom. The summed E-state index contributed by atoms with van der Waals surface area (Å²) in [6.07, 6.45) is 2.45. The third-order valence-corrected chi connectivity index (χ3v) is 4.46. The highest BCUT2D eigenvalue weighted by atomic mass is 35.5. The van der Waals surface area contributed by atoms with E-state index < -0.39 is 14.7 Å². The van der Waals surface area contributed by atoms with Crippen molar-refractivity contribution >= 4 is 27.1 Å². The Morgan fingerprint density at radius 1 is 1.24 bits per heavy atom. The lowest BCUT2D eigenvalue weighted by Crippen LogP contribution is -2.07. The van der Waals surface area contributed by atoms with Gasteiger partial charge in [0.05, 0.1) is 10.7 Å². The van der Waals surface area contributed by atoms with Gasteiger partial charge in [-0.1, -0.05) is 29.8 Å². The summed E-state index contributed by atoms with van der Waals surface area (Å²) in [5.41, 5.74) is 0.503. The summed E-state index contributed by atoms with van der Waals surface area (Å²) in [7, 11) is -3.95. The van der Waals surface area contributed by atoms with Gasteiger partial charge in [0, 0.05) is 12.4 Å². The summed E-state index contributed by atoms with van der Waals surface area (Å²) >= 11 is 5.95. The highest BCUT2D eigenvalue weighted by molar-refractivity contribution is 7.95. The molecule has 0 spiro atoms. The van der Waals surface area contributed by atoms with E-state index in [2.05, 4.69) is 10.3 Å². The maximum Gasteiger partial charge on any atom is 0.235 e. The van der Waals surface area contributed by atoms with Crippen LogP contribution in [0, 0.1) is 11.3 Å². The molecule has 0 saturated carbocycles. The third-order valence-electron chi connectivity index (χ3n) is 2.55. The fraction of sp³-hybridized carbons (Fsp3) is 0. The molecule has 106 valence electrons. The van der Waals surface area contributed by atoms with Crippen molar-refractivity contribution in [3.05, 3.63) is 64.8 Å². The summed E-state index contributed by atoms with van der Waals surface area (Å²) in [4.78, 5) is 3.31. The number of rotatable bonds is 4. The maximum atomic E-state index is 12.2. The summed E-state index contributed by atoms with van der Waals surface area (Å²) in [6.45, 7) is 0. The second-order valence-electron chi connectivity index (χ2n) is 3.92. The van der Waals surface area contributed by atoms with Gasteiger partial charge >= 0.3 is 0 Å². The largest absolute Gasteiger partial charge is 0.359 e. The number of halogens is 1. The molecule has 0 aliphatic carbocycles. The molecular weight excluding hydrogens is 310 g/mol. The molecule has 21 heavy (non-hydrogen) atoms. The molecule has 1 aromatic heterocycles. The van der Waals surface area contributed by atoms with Gasteiger partial charge in [-0.3, -0.25) is 0 Å². The monoisotopic (exact) mass is 319 g/mol. The number of nitrogens with zero attached hydrogens (tertiary/aromatic N) is 2.